The van der Waals surface area contributed by atoms with Gasteiger partial charge in [-0.1, -0.05) is 30.9 Å². The molecule has 0 radical (unpaired) electrons. The van der Waals surface area contributed by atoms with E-state index < -0.39 is 17.2 Å². The van der Waals surface area contributed by atoms with E-state index in [0.29, 0.717) is 25.7 Å². The van der Waals surface area contributed by atoms with Crippen LogP contribution in [-0.2, 0) is 11.3 Å². The Morgan fingerprint density at radius 3 is 2.41 bits per heavy atom. The minimum atomic E-state index is -0.535. The molecule has 0 spiro atoms. The van der Waals surface area contributed by atoms with E-state index in [2.05, 4.69) is 27.5 Å². The first-order valence-electron chi connectivity index (χ1n) is 9.33. The Kier molecular flexibility index (Phi) is 11.7. The van der Waals surface area contributed by atoms with E-state index in [4.69, 9.17) is 9.47 Å². The number of ether oxygens (including phenoxy) is 2. The van der Waals surface area contributed by atoms with Gasteiger partial charge in [0, 0.05) is 25.7 Å². The van der Waals surface area contributed by atoms with E-state index >= 15 is 0 Å². The molecular weight excluding hydrogens is 483 g/mol. The summed E-state index contributed by atoms with van der Waals surface area (Å²) < 4.78 is 11.0. The highest BCUT2D eigenvalue weighted by atomic mass is 127. The van der Waals surface area contributed by atoms with Crippen molar-refractivity contribution in [1.82, 2.24) is 16.0 Å². The van der Waals surface area contributed by atoms with Gasteiger partial charge >= 0.3 is 6.09 Å². The molecule has 0 unspecified atom stereocenters. The van der Waals surface area contributed by atoms with Crippen LogP contribution in [0.25, 0.3) is 0 Å². The Bertz CT molecular complexity index is 685. The number of nitrogens with one attached hydrogen (secondary N) is 3. The van der Waals surface area contributed by atoms with Gasteiger partial charge in [-0.15, -0.1) is 24.0 Å². The molecule has 1 aromatic carbocycles. The lowest BCUT2D eigenvalue weighted by Gasteiger charge is -2.29. The maximum atomic E-state index is 12.0. The van der Waals surface area contributed by atoms with E-state index in [1.165, 1.54) is 0 Å². The van der Waals surface area contributed by atoms with Gasteiger partial charge in [0.15, 0.2) is 5.96 Å². The number of carbonyl (C=O) groups excluding carboxylic acids is 1. The Morgan fingerprint density at radius 1 is 1.17 bits per heavy atom. The fraction of sp³-hybridized carbons (Fsp3) is 0.524. The number of hydrogen-bond donors (Lipinski definition) is 3. The average molecular weight is 518 g/mol. The van der Waals surface area contributed by atoms with Gasteiger partial charge in [0.1, 0.15) is 18.0 Å². The second-order valence-corrected chi connectivity index (χ2v) is 8.00. The van der Waals surface area contributed by atoms with Crippen LogP contribution < -0.4 is 20.7 Å². The predicted octanol–water partition coefficient (Wildman–Crippen LogP) is 3.84. The van der Waals surface area contributed by atoms with Crippen LogP contribution in [0.5, 0.6) is 5.75 Å². The van der Waals surface area contributed by atoms with E-state index in [1.54, 1.807) is 13.1 Å². The second kappa shape index (κ2) is 12.6. The largest absolute Gasteiger partial charge is 0.489 e. The minimum absolute atomic E-state index is 0. The van der Waals surface area contributed by atoms with Crippen molar-refractivity contribution >= 4 is 36.0 Å². The summed E-state index contributed by atoms with van der Waals surface area (Å²) >= 11 is 0. The molecule has 164 valence electrons. The zero-order valence-corrected chi connectivity index (χ0v) is 20.6. The van der Waals surface area contributed by atoms with Crippen molar-refractivity contribution in [3.8, 4) is 5.75 Å². The molecule has 3 N–H and O–H groups in total. The summed E-state index contributed by atoms with van der Waals surface area (Å²) in [5, 5.41) is 9.34. The molecule has 29 heavy (non-hydrogen) atoms. The molecular formula is C21H35IN4O3. The summed E-state index contributed by atoms with van der Waals surface area (Å²) in [4.78, 5) is 16.2. The van der Waals surface area contributed by atoms with E-state index in [9.17, 15) is 4.79 Å². The van der Waals surface area contributed by atoms with E-state index in [-0.39, 0.29) is 24.0 Å². The number of amides is 1. The van der Waals surface area contributed by atoms with Crippen molar-refractivity contribution in [3.05, 3.63) is 42.5 Å². The highest BCUT2D eigenvalue weighted by Crippen LogP contribution is 2.17. The molecule has 0 fully saturated rings. The molecule has 0 saturated carbocycles. The Morgan fingerprint density at radius 2 is 1.83 bits per heavy atom. The summed E-state index contributed by atoms with van der Waals surface area (Å²) in [6.45, 7) is 14.5. The number of nitrogens with zero attached hydrogens (tertiary/aromatic N) is 1. The summed E-state index contributed by atoms with van der Waals surface area (Å²) in [5.41, 5.74) is -0.0459. The summed E-state index contributed by atoms with van der Waals surface area (Å²) in [5.74, 6) is 1.43. The molecule has 7 nitrogen and oxygen atoms in total. The topological polar surface area (TPSA) is 84.0 Å². The molecule has 0 aliphatic rings. The standard InChI is InChI=1S/C21H34N4O3.HI/c1-8-13-27-17-12-10-9-11-16(17)14-23-18(22-7)24-15-21(5,6)25-19(26)28-20(2,3)4;/h8-12H,1,13-15H2,2-7H3,(H,25,26)(H2,22,23,24);1H. The van der Waals surface area contributed by atoms with Crippen molar-refractivity contribution in [2.75, 3.05) is 20.2 Å². The number of rotatable bonds is 8. The normalized spacial score (nSPS) is 11.7. The van der Waals surface area contributed by atoms with Crippen LogP contribution >= 0.6 is 24.0 Å². The van der Waals surface area contributed by atoms with Gasteiger partial charge in [-0.25, -0.2) is 4.79 Å². The molecule has 0 atom stereocenters. The molecule has 0 heterocycles. The van der Waals surface area contributed by atoms with Crippen LogP contribution in [0.1, 0.15) is 40.2 Å². The van der Waals surface area contributed by atoms with E-state index in [0.717, 1.165) is 11.3 Å². The van der Waals surface area contributed by atoms with E-state index in [1.807, 2.05) is 58.9 Å². The maximum Gasteiger partial charge on any atom is 0.408 e. The molecule has 0 aliphatic carbocycles. The molecule has 1 amide bonds. The summed E-state index contributed by atoms with van der Waals surface area (Å²) in [6, 6.07) is 7.80. The highest BCUT2D eigenvalue weighted by Gasteiger charge is 2.24. The van der Waals surface area contributed by atoms with Crippen molar-refractivity contribution in [1.29, 1.82) is 0 Å². The average Bonchev–Trinajstić information content (AvgIpc) is 2.58. The first-order valence-corrected chi connectivity index (χ1v) is 9.33. The second-order valence-electron chi connectivity index (χ2n) is 8.00. The summed E-state index contributed by atoms with van der Waals surface area (Å²) in [7, 11) is 1.70. The number of benzene rings is 1. The molecule has 1 aromatic rings. The van der Waals surface area contributed by atoms with Gasteiger partial charge in [0.2, 0.25) is 0 Å². The Balaban J connectivity index is 0.00000784. The van der Waals surface area contributed by atoms with Crippen LogP contribution in [0.15, 0.2) is 41.9 Å². The molecule has 0 aliphatic heterocycles. The molecule has 0 aromatic heterocycles. The number of alkyl carbamates (subject to hydrolysis) is 1. The first-order chi connectivity index (χ1) is 13.1. The Hall–Kier alpha value is -1.97. The number of carbonyl (C=O) groups is 1. The number of para-hydroxylation sites is 1. The molecule has 0 saturated heterocycles. The SMILES string of the molecule is C=CCOc1ccccc1CNC(=NC)NCC(C)(C)NC(=O)OC(C)(C)C.I. The molecule has 8 heteroatoms. The monoisotopic (exact) mass is 518 g/mol. The van der Waals surface area contributed by atoms with Crippen molar-refractivity contribution in [3.63, 3.8) is 0 Å². The van der Waals surface area contributed by atoms with Gasteiger partial charge in [0.05, 0.1) is 5.54 Å². The van der Waals surface area contributed by atoms with Crippen molar-refractivity contribution in [2.24, 2.45) is 4.99 Å². The quantitative estimate of drug-likeness (QED) is 0.211. The van der Waals surface area contributed by atoms with Crippen molar-refractivity contribution in [2.45, 2.75) is 52.3 Å². The van der Waals surface area contributed by atoms with Gasteiger partial charge in [-0.2, -0.15) is 0 Å². The fourth-order valence-electron chi connectivity index (χ4n) is 2.27. The third-order valence-electron chi connectivity index (χ3n) is 3.54. The molecule has 1 rings (SSSR count). The third-order valence-corrected chi connectivity index (χ3v) is 3.54. The van der Waals surface area contributed by atoms with Crippen molar-refractivity contribution < 1.29 is 14.3 Å². The van der Waals surface area contributed by atoms with Gasteiger partial charge in [-0.05, 0) is 40.7 Å². The highest BCUT2D eigenvalue weighted by molar-refractivity contribution is 14.0. The zero-order valence-electron chi connectivity index (χ0n) is 18.3. The van der Waals surface area contributed by atoms with Crippen LogP contribution in [-0.4, -0.2) is 43.4 Å². The lowest BCUT2D eigenvalue weighted by atomic mass is 10.1. The fourth-order valence-corrected chi connectivity index (χ4v) is 2.27. The number of halogens is 1. The number of aliphatic imine (C=N–C) groups is 1. The maximum absolute atomic E-state index is 12.0. The van der Waals surface area contributed by atoms with Gasteiger partial charge < -0.3 is 25.4 Å². The lowest BCUT2D eigenvalue weighted by molar-refractivity contribution is 0.0474. The number of guanidine groups is 1. The molecule has 0 bridgehead atoms. The van der Waals surface area contributed by atoms with Crippen LogP contribution in [0.2, 0.25) is 0 Å². The smallest absolute Gasteiger partial charge is 0.408 e. The Labute approximate surface area is 191 Å². The third kappa shape index (κ3) is 11.6. The summed E-state index contributed by atoms with van der Waals surface area (Å²) in [6.07, 6.45) is 1.26. The van der Waals surface area contributed by atoms with Crippen LogP contribution in [0, 0.1) is 0 Å². The first kappa shape index (κ1) is 27.0. The minimum Gasteiger partial charge on any atom is -0.489 e. The lowest BCUT2D eigenvalue weighted by Crippen LogP contribution is -2.54. The predicted molar refractivity (Wildman–Crippen MR) is 129 cm³/mol. The van der Waals surface area contributed by atoms with Crippen LogP contribution in [0.3, 0.4) is 0 Å². The zero-order chi connectivity index (χ0) is 21.2. The number of hydrogen-bond acceptors (Lipinski definition) is 4. The van der Waals surface area contributed by atoms with Gasteiger partial charge in [0.25, 0.3) is 0 Å². The van der Waals surface area contributed by atoms with Gasteiger partial charge in [-0.3, -0.25) is 4.99 Å². The van der Waals surface area contributed by atoms with Crippen LogP contribution in [0.4, 0.5) is 4.79 Å².